The molecule has 4 rings (SSSR count). The zero-order valence-electron chi connectivity index (χ0n) is 12.7. The Balaban J connectivity index is 1.70. The molecule has 0 spiro atoms. The number of fused-ring (bicyclic) bond motifs is 1. The second-order valence-corrected chi connectivity index (χ2v) is 5.80. The number of pyridine rings is 1. The Morgan fingerprint density at radius 1 is 1.21 bits per heavy atom. The summed E-state index contributed by atoms with van der Waals surface area (Å²) in [6.07, 6.45) is 2.28. The molecule has 24 heavy (non-hydrogen) atoms. The number of nitrogens with zero attached hydrogens (tertiary/aromatic N) is 2. The normalized spacial score (nSPS) is 25.9. The number of hydrazine groups is 1. The molecule has 0 aliphatic carbocycles. The van der Waals surface area contributed by atoms with Gasteiger partial charge in [0.2, 0.25) is 0 Å². The van der Waals surface area contributed by atoms with E-state index in [-0.39, 0.29) is 17.6 Å². The summed E-state index contributed by atoms with van der Waals surface area (Å²) >= 11 is 0. The standard InChI is InChI=1S/C17H16FN5O/c18-11-5-3-4-10(8-11)13-9-14(24)23-17(21-13)15(16(19)22-23)12-6-1-2-7-20-12/h1-9,15-17,21-22H,19H2. The Labute approximate surface area is 138 Å². The van der Waals surface area contributed by atoms with Gasteiger partial charge in [-0.15, -0.1) is 0 Å². The van der Waals surface area contributed by atoms with Crippen molar-refractivity contribution >= 4 is 11.6 Å². The van der Waals surface area contributed by atoms with Crippen LogP contribution in [0.5, 0.6) is 0 Å². The molecule has 0 bridgehead atoms. The second kappa shape index (κ2) is 5.70. The number of halogens is 1. The Kier molecular flexibility index (Phi) is 3.51. The van der Waals surface area contributed by atoms with Gasteiger partial charge in [-0.1, -0.05) is 18.2 Å². The molecule has 2 aromatic rings. The third-order valence-corrected chi connectivity index (χ3v) is 4.27. The molecule has 4 N–H and O–H groups in total. The van der Waals surface area contributed by atoms with Crippen LogP contribution in [0.4, 0.5) is 4.39 Å². The molecule has 1 aromatic heterocycles. The topological polar surface area (TPSA) is 83.3 Å². The van der Waals surface area contributed by atoms with Crippen LogP contribution in [0.25, 0.3) is 5.70 Å². The predicted octanol–water partition coefficient (Wildman–Crippen LogP) is 0.906. The first-order chi connectivity index (χ1) is 11.6. The number of hydrogen-bond donors (Lipinski definition) is 3. The molecule has 0 saturated carbocycles. The number of carbonyl (C=O) groups excluding carboxylic acids is 1. The number of rotatable bonds is 2. The number of carbonyl (C=O) groups is 1. The highest BCUT2D eigenvalue weighted by Gasteiger charge is 2.45. The molecule has 1 aromatic carbocycles. The number of benzene rings is 1. The van der Waals surface area contributed by atoms with Crippen LogP contribution >= 0.6 is 0 Å². The first kappa shape index (κ1) is 14.8. The fourth-order valence-corrected chi connectivity index (χ4v) is 3.17. The highest BCUT2D eigenvalue weighted by molar-refractivity contribution is 5.96. The SMILES string of the molecule is NC1NN2C(=O)C=C(c3cccc(F)c3)NC2C1c1ccccn1. The monoisotopic (exact) mass is 325 g/mol. The Hall–Kier alpha value is -2.77. The molecule has 2 aliphatic rings. The zero-order chi connectivity index (χ0) is 16.7. The zero-order valence-corrected chi connectivity index (χ0v) is 12.7. The lowest BCUT2D eigenvalue weighted by Gasteiger charge is -2.32. The summed E-state index contributed by atoms with van der Waals surface area (Å²) in [5, 5.41) is 4.75. The van der Waals surface area contributed by atoms with Gasteiger partial charge in [-0.05, 0) is 24.3 Å². The van der Waals surface area contributed by atoms with E-state index in [9.17, 15) is 9.18 Å². The van der Waals surface area contributed by atoms with E-state index < -0.39 is 12.3 Å². The van der Waals surface area contributed by atoms with Crippen LogP contribution in [0, 0.1) is 5.82 Å². The van der Waals surface area contributed by atoms with Gasteiger partial charge in [0, 0.05) is 23.5 Å². The van der Waals surface area contributed by atoms with Crippen LogP contribution in [0.15, 0.2) is 54.7 Å². The van der Waals surface area contributed by atoms with Crippen molar-refractivity contribution in [1.82, 2.24) is 20.7 Å². The van der Waals surface area contributed by atoms with E-state index in [1.54, 1.807) is 18.3 Å². The molecule has 3 heterocycles. The van der Waals surface area contributed by atoms with Gasteiger partial charge < -0.3 is 11.1 Å². The number of aromatic nitrogens is 1. The van der Waals surface area contributed by atoms with Gasteiger partial charge in [0.15, 0.2) is 0 Å². The molecular weight excluding hydrogens is 309 g/mol. The third-order valence-electron chi connectivity index (χ3n) is 4.27. The first-order valence-corrected chi connectivity index (χ1v) is 7.63. The highest BCUT2D eigenvalue weighted by Crippen LogP contribution is 2.32. The van der Waals surface area contributed by atoms with E-state index in [2.05, 4.69) is 15.7 Å². The molecule has 3 atom stereocenters. The summed E-state index contributed by atoms with van der Waals surface area (Å²) in [5.41, 5.74) is 11.1. The molecule has 1 fully saturated rings. The minimum Gasteiger partial charge on any atom is -0.363 e. The van der Waals surface area contributed by atoms with Crippen LogP contribution < -0.4 is 16.5 Å². The van der Waals surface area contributed by atoms with Crippen LogP contribution in [0.2, 0.25) is 0 Å². The smallest absolute Gasteiger partial charge is 0.264 e. The van der Waals surface area contributed by atoms with Crippen molar-refractivity contribution in [2.75, 3.05) is 0 Å². The van der Waals surface area contributed by atoms with E-state index in [0.717, 1.165) is 5.69 Å². The minimum atomic E-state index is -0.457. The summed E-state index contributed by atoms with van der Waals surface area (Å²) in [5.74, 6) is -0.813. The van der Waals surface area contributed by atoms with Crippen molar-refractivity contribution in [3.05, 3.63) is 71.8 Å². The third kappa shape index (κ3) is 2.44. The highest BCUT2D eigenvalue weighted by atomic mass is 19.1. The summed E-state index contributed by atoms with van der Waals surface area (Å²) in [4.78, 5) is 16.8. The molecular formula is C17H16FN5O. The lowest BCUT2D eigenvalue weighted by atomic mass is 9.97. The molecule has 7 heteroatoms. The predicted molar refractivity (Wildman–Crippen MR) is 86.2 cm³/mol. The Morgan fingerprint density at radius 2 is 2.08 bits per heavy atom. The largest absolute Gasteiger partial charge is 0.363 e. The number of amides is 1. The molecule has 2 aliphatic heterocycles. The van der Waals surface area contributed by atoms with Crippen molar-refractivity contribution < 1.29 is 9.18 Å². The minimum absolute atomic E-state index is 0.229. The van der Waals surface area contributed by atoms with Crippen molar-refractivity contribution in [3.63, 3.8) is 0 Å². The second-order valence-electron chi connectivity index (χ2n) is 5.80. The van der Waals surface area contributed by atoms with Gasteiger partial charge in [-0.2, -0.15) is 0 Å². The van der Waals surface area contributed by atoms with Crippen molar-refractivity contribution in [1.29, 1.82) is 0 Å². The van der Waals surface area contributed by atoms with Crippen LogP contribution in [0.3, 0.4) is 0 Å². The van der Waals surface area contributed by atoms with Crippen molar-refractivity contribution in [2.45, 2.75) is 18.2 Å². The van der Waals surface area contributed by atoms with Crippen LogP contribution in [-0.2, 0) is 4.79 Å². The van der Waals surface area contributed by atoms with E-state index in [4.69, 9.17) is 5.73 Å². The molecule has 6 nitrogen and oxygen atoms in total. The number of hydrogen-bond acceptors (Lipinski definition) is 5. The maximum atomic E-state index is 13.5. The molecule has 1 amide bonds. The van der Waals surface area contributed by atoms with Gasteiger partial charge in [-0.25, -0.2) is 14.8 Å². The van der Waals surface area contributed by atoms with Gasteiger partial charge in [0.1, 0.15) is 12.0 Å². The van der Waals surface area contributed by atoms with E-state index in [1.807, 2.05) is 18.2 Å². The Morgan fingerprint density at radius 3 is 2.83 bits per heavy atom. The van der Waals surface area contributed by atoms with Gasteiger partial charge in [0.25, 0.3) is 5.91 Å². The van der Waals surface area contributed by atoms with E-state index in [0.29, 0.717) is 11.3 Å². The molecule has 122 valence electrons. The molecule has 3 unspecified atom stereocenters. The summed E-state index contributed by atoms with van der Waals surface area (Å²) in [6.45, 7) is 0. The Bertz CT molecular complexity index is 810. The maximum Gasteiger partial charge on any atom is 0.264 e. The van der Waals surface area contributed by atoms with Gasteiger partial charge >= 0.3 is 0 Å². The van der Waals surface area contributed by atoms with Crippen molar-refractivity contribution in [2.24, 2.45) is 5.73 Å². The number of nitrogens with one attached hydrogen (secondary N) is 2. The fraction of sp³-hybridized carbons (Fsp3) is 0.176. The van der Waals surface area contributed by atoms with Crippen LogP contribution in [-0.4, -0.2) is 28.2 Å². The van der Waals surface area contributed by atoms with E-state index in [1.165, 1.54) is 23.2 Å². The number of nitrogens with two attached hydrogens (primary N) is 1. The van der Waals surface area contributed by atoms with E-state index >= 15 is 0 Å². The first-order valence-electron chi connectivity index (χ1n) is 7.63. The molecule has 0 radical (unpaired) electrons. The maximum absolute atomic E-state index is 13.5. The van der Waals surface area contributed by atoms with Crippen LogP contribution in [0.1, 0.15) is 17.2 Å². The quantitative estimate of drug-likeness (QED) is 0.764. The lowest BCUT2D eigenvalue weighted by molar-refractivity contribution is -0.131. The summed E-state index contributed by atoms with van der Waals surface area (Å²) < 4.78 is 13.5. The van der Waals surface area contributed by atoms with Gasteiger partial charge in [0.05, 0.1) is 17.8 Å². The average molecular weight is 325 g/mol. The summed E-state index contributed by atoms with van der Waals surface area (Å²) in [6, 6.07) is 11.7. The summed E-state index contributed by atoms with van der Waals surface area (Å²) in [7, 11) is 0. The average Bonchev–Trinajstić information content (AvgIpc) is 2.92. The fourth-order valence-electron chi connectivity index (χ4n) is 3.17. The lowest BCUT2D eigenvalue weighted by Crippen LogP contribution is -2.52. The molecule has 1 saturated heterocycles. The van der Waals surface area contributed by atoms with Crippen molar-refractivity contribution in [3.8, 4) is 0 Å². The van der Waals surface area contributed by atoms with Gasteiger partial charge in [-0.3, -0.25) is 9.78 Å².